The second kappa shape index (κ2) is 9.02. The van der Waals surface area contributed by atoms with E-state index < -0.39 is 0 Å². The summed E-state index contributed by atoms with van der Waals surface area (Å²) < 4.78 is 5.86. The van der Waals surface area contributed by atoms with Gasteiger partial charge in [0.1, 0.15) is 0 Å². The van der Waals surface area contributed by atoms with E-state index in [0.717, 1.165) is 0 Å². The maximum Gasteiger partial charge on any atom is 0.0925 e. The fourth-order valence-corrected chi connectivity index (χ4v) is 3.70. The molecule has 2 atom stereocenters. The Labute approximate surface area is 172 Å². The zero-order valence-electron chi connectivity index (χ0n) is 21.4. The number of allylic oxidation sites excluding steroid dienone is 2. The third-order valence-electron chi connectivity index (χ3n) is 4.59. The molecule has 162 valence electrons. The van der Waals surface area contributed by atoms with Gasteiger partial charge in [0.05, 0.1) is 11.7 Å². The van der Waals surface area contributed by atoms with Crippen molar-refractivity contribution in [2.45, 2.75) is 134 Å². The third-order valence-corrected chi connectivity index (χ3v) is 4.59. The molecule has 1 nitrogen and oxygen atoms in total. The number of ether oxygens (including phenoxy) is 1. The van der Waals surface area contributed by atoms with E-state index >= 15 is 0 Å². The topological polar surface area (TPSA) is 12.5 Å². The second-order valence-corrected chi connectivity index (χ2v) is 14.0. The molecule has 1 rings (SSSR count). The van der Waals surface area contributed by atoms with Gasteiger partial charge >= 0.3 is 0 Å². The first-order chi connectivity index (χ1) is 11.6. The van der Waals surface area contributed by atoms with Crippen LogP contribution < -0.4 is 0 Å². The zero-order valence-corrected chi connectivity index (χ0v) is 21.4. The molecule has 1 heteroatoms. The summed E-state index contributed by atoms with van der Waals surface area (Å²) in [6.45, 7) is 32.0. The predicted molar refractivity (Wildman–Crippen MR) is 123 cm³/mol. The Bertz CT molecular complexity index is 470. The molecular formula is C26H52O. The van der Waals surface area contributed by atoms with Crippen molar-refractivity contribution in [1.82, 2.24) is 0 Å². The van der Waals surface area contributed by atoms with Crippen LogP contribution in [0.15, 0.2) is 11.6 Å². The summed E-state index contributed by atoms with van der Waals surface area (Å²) in [6.07, 6.45) is 7.63. The molecule has 0 aromatic carbocycles. The quantitative estimate of drug-likeness (QED) is 0.350. The lowest BCUT2D eigenvalue weighted by Crippen LogP contribution is -2.22. The second-order valence-electron chi connectivity index (χ2n) is 14.0. The molecule has 2 unspecified atom stereocenters. The van der Waals surface area contributed by atoms with E-state index in [0.29, 0.717) is 27.8 Å². The van der Waals surface area contributed by atoms with Crippen LogP contribution in [0.4, 0.5) is 0 Å². The number of hydrogen-bond acceptors (Lipinski definition) is 1. The van der Waals surface area contributed by atoms with Crippen molar-refractivity contribution in [3.63, 3.8) is 0 Å². The van der Waals surface area contributed by atoms with Gasteiger partial charge in [-0.3, -0.25) is 0 Å². The van der Waals surface area contributed by atoms with Crippen LogP contribution in [0.1, 0.15) is 123 Å². The highest BCUT2D eigenvalue weighted by Gasteiger charge is 2.54. The molecule has 1 aliphatic heterocycles. The number of epoxide rings is 1. The summed E-state index contributed by atoms with van der Waals surface area (Å²) in [6, 6.07) is 0. The monoisotopic (exact) mass is 380 g/mol. The summed E-state index contributed by atoms with van der Waals surface area (Å²) in [4.78, 5) is 0. The molecule has 0 radical (unpaired) electrons. The minimum absolute atomic E-state index is 0.158. The molecule has 27 heavy (non-hydrogen) atoms. The number of hydrogen-bond donors (Lipinski definition) is 0. The lowest BCUT2D eigenvalue weighted by atomic mass is 9.80. The van der Waals surface area contributed by atoms with E-state index in [9.17, 15) is 0 Å². The minimum Gasteiger partial charge on any atom is -0.366 e. The maximum atomic E-state index is 5.86. The third kappa shape index (κ3) is 15.3. The molecule has 0 bridgehead atoms. The lowest BCUT2D eigenvalue weighted by Gasteiger charge is -2.22. The summed E-state index contributed by atoms with van der Waals surface area (Å²) in [5.41, 5.74) is 3.31. The van der Waals surface area contributed by atoms with Crippen molar-refractivity contribution < 1.29 is 4.74 Å². The van der Waals surface area contributed by atoms with E-state index in [1.165, 1.54) is 31.3 Å². The maximum absolute atomic E-state index is 5.86. The van der Waals surface area contributed by atoms with Crippen molar-refractivity contribution >= 4 is 0 Å². The van der Waals surface area contributed by atoms with Crippen molar-refractivity contribution in [2.24, 2.45) is 21.7 Å². The van der Waals surface area contributed by atoms with E-state index in [-0.39, 0.29) is 5.60 Å². The van der Waals surface area contributed by atoms with Crippen LogP contribution in [-0.4, -0.2) is 11.7 Å². The summed E-state index contributed by atoms with van der Waals surface area (Å²) >= 11 is 0. The van der Waals surface area contributed by atoms with Crippen LogP contribution in [0.3, 0.4) is 0 Å². The SMILES string of the molecule is C/C(=C/CC(C)(C)C)CC(C)(C)C.CC(C)(C)CC1OC1(C)CC(C)(C)C. The molecule has 1 heterocycles. The molecule has 1 fully saturated rings. The first kappa shape index (κ1) is 26.7. The summed E-state index contributed by atoms with van der Waals surface area (Å²) in [7, 11) is 0. The van der Waals surface area contributed by atoms with Crippen LogP contribution in [-0.2, 0) is 4.74 Å². The predicted octanol–water partition coefficient (Wildman–Crippen LogP) is 8.82. The van der Waals surface area contributed by atoms with E-state index in [1.807, 2.05) is 0 Å². The lowest BCUT2D eigenvalue weighted by molar-refractivity contribution is 0.224. The molecule has 0 saturated carbocycles. The fraction of sp³-hybridized carbons (Fsp3) is 0.923. The first-order valence-electron chi connectivity index (χ1n) is 11.0. The van der Waals surface area contributed by atoms with Gasteiger partial charge in [-0.25, -0.2) is 0 Å². The van der Waals surface area contributed by atoms with Crippen molar-refractivity contribution in [3.05, 3.63) is 11.6 Å². The standard InChI is InChI=1S/C13H26O.C13H26/c1-11(2,3)8-10-13(7,14-10)9-12(4,5)6;1-11(10-13(5,6)7)8-9-12(2,3)4/h10H,8-9H2,1-7H3;8H,9-10H2,1-7H3/b;11-8-. The van der Waals surface area contributed by atoms with Crippen LogP contribution >= 0.6 is 0 Å². The molecule has 0 aromatic heterocycles. The Morgan fingerprint density at radius 1 is 0.778 bits per heavy atom. The molecule has 0 N–H and O–H groups in total. The van der Waals surface area contributed by atoms with E-state index in [4.69, 9.17) is 4.74 Å². The van der Waals surface area contributed by atoms with Crippen LogP contribution in [0, 0.1) is 21.7 Å². The Kier molecular flexibility index (Phi) is 8.92. The smallest absolute Gasteiger partial charge is 0.0925 e. The zero-order chi connectivity index (χ0) is 21.9. The highest BCUT2D eigenvalue weighted by Crippen LogP contribution is 2.49. The van der Waals surface area contributed by atoms with Crippen molar-refractivity contribution in [3.8, 4) is 0 Å². The average Bonchev–Trinajstić information content (AvgIpc) is 2.88. The van der Waals surface area contributed by atoms with Crippen LogP contribution in [0.2, 0.25) is 0 Å². The molecule has 0 aromatic rings. The molecule has 0 spiro atoms. The van der Waals surface area contributed by atoms with Gasteiger partial charge in [0.15, 0.2) is 0 Å². The molecular weight excluding hydrogens is 328 g/mol. The summed E-state index contributed by atoms with van der Waals surface area (Å²) in [5.74, 6) is 0. The van der Waals surface area contributed by atoms with Gasteiger partial charge in [0.2, 0.25) is 0 Å². The average molecular weight is 381 g/mol. The van der Waals surface area contributed by atoms with Crippen molar-refractivity contribution in [1.29, 1.82) is 0 Å². The molecule has 1 saturated heterocycles. The summed E-state index contributed by atoms with van der Waals surface area (Å²) in [5, 5.41) is 0. The highest BCUT2D eigenvalue weighted by molar-refractivity contribution is 5.03. The van der Waals surface area contributed by atoms with Gasteiger partial charge in [-0.2, -0.15) is 0 Å². The fourth-order valence-electron chi connectivity index (χ4n) is 3.70. The largest absolute Gasteiger partial charge is 0.366 e. The normalized spacial score (nSPS) is 24.4. The van der Waals surface area contributed by atoms with E-state index in [2.05, 4.69) is 103 Å². The van der Waals surface area contributed by atoms with Gasteiger partial charge in [0, 0.05) is 0 Å². The molecule has 1 aliphatic rings. The molecule has 0 aliphatic carbocycles. The van der Waals surface area contributed by atoms with Gasteiger partial charge in [-0.1, -0.05) is 94.7 Å². The van der Waals surface area contributed by atoms with E-state index in [1.54, 1.807) is 0 Å². The minimum atomic E-state index is 0.158. The first-order valence-corrected chi connectivity index (χ1v) is 11.0. The Morgan fingerprint density at radius 2 is 1.26 bits per heavy atom. The van der Waals surface area contributed by atoms with Crippen molar-refractivity contribution in [2.75, 3.05) is 0 Å². The Balaban J connectivity index is 0.000000503. The highest BCUT2D eigenvalue weighted by atomic mass is 16.6. The van der Waals surface area contributed by atoms with Crippen LogP contribution in [0.25, 0.3) is 0 Å². The van der Waals surface area contributed by atoms with Gasteiger partial charge in [0.25, 0.3) is 0 Å². The molecule has 0 amide bonds. The Morgan fingerprint density at radius 3 is 1.59 bits per heavy atom. The van der Waals surface area contributed by atoms with Gasteiger partial charge < -0.3 is 4.74 Å². The van der Waals surface area contributed by atoms with Gasteiger partial charge in [-0.05, 0) is 61.2 Å². The Hall–Kier alpha value is -0.300. The number of rotatable bonds is 4. The van der Waals surface area contributed by atoms with Gasteiger partial charge in [-0.15, -0.1) is 0 Å². The van der Waals surface area contributed by atoms with Crippen LogP contribution in [0.5, 0.6) is 0 Å².